The lowest BCUT2D eigenvalue weighted by Gasteiger charge is -2.11. The van der Waals surface area contributed by atoms with Gasteiger partial charge >= 0.3 is 5.69 Å². The molecule has 0 aromatic heterocycles. The summed E-state index contributed by atoms with van der Waals surface area (Å²) in [5, 5.41) is 14.2. The second-order valence-electron chi connectivity index (χ2n) is 4.61. The summed E-state index contributed by atoms with van der Waals surface area (Å²) in [5.41, 5.74) is 1.70. The minimum atomic E-state index is -0.440. The molecule has 21 heavy (non-hydrogen) atoms. The van der Waals surface area contributed by atoms with Crippen molar-refractivity contribution < 1.29 is 9.66 Å². The van der Waals surface area contributed by atoms with E-state index in [9.17, 15) is 10.1 Å². The van der Waals surface area contributed by atoms with E-state index in [1.165, 1.54) is 6.07 Å². The number of nitro benzene ring substituents is 1. The van der Waals surface area contributed by atoms with Crippen LogP contribution in [0.3, 0.4) is 0 Å². The van der Waals surface area contributed by atoms with Crippen molar-refractivity contribution in [2.45, 2.75) is 13.5 Å². The van der Waals surface area contributed by atoms with Crippen molar-refractivity contribution in [3.63, 3.8) is 0 Å². The van der Waals surface area contributed by atoms with Crippen molar-refractivity contribution in [1.29, 1.82) is 0 Å². The zero-order valence-corrected chi connectivity index (χ0v) is 13.3. The topological polar surface area (TPSA) is 64.4 Å². The highest BCUT2D eigenvalue weighted by Gasteiger charge is 2.19. The molecule has 0 saturated heterocycles. The van der Waals surface area contributed by atoms with Crippen LogP contribution in [-0.2, 0) is 6.54 Å². The zero-order valence-electron chi connectivity index (χ0n) is 11.7. The van der Waals surface area contributed by atoms with E-state index in [0.29, 0.717) is 22.3 Å². The van der Waals surface area contributed by atoms with Gasteiger partial charge in [0.2, 0.25) is 5.75 Å². The second kappa shape index (κ2) is 6.69. The number of aryl methyl sites for hydroxylation is 1. The fourth-order valence-electron chi connectivity index (χ4n) is 2.02. The summed E-state index contributed by atoms with van der Waals surface area (Å²) < 4.78 is 6.41. The fraction of sp³-hybridized carbons (Fsp3) is 0.200. The molecule has 2 rings (SSSR count). The molecular weight excluding hydrogens is 336 g/mol. The molecule has 5 nitrogen and oxygen atoms in total. The smallest absolute Gasteiger partial charge is 0.312 e. The number of hydrogen-bond acceptors (Lipinski definition) is 4. The molecular formula is C15H15BrN2O3. The van der Waals surface area contributed by atoms with Crippen LogP contribution >= 0.6 is 15.9 Å². The molecule has 0 aliphatic rings. The van der Waals surface area contributed by atoms with E-state index in [4.69, 9.17) is 4.74 Å². The van der Waals surface area contributed by atoms with Crippen LogP contribution < -0.4 is 10.1 Å². The minimum absolute atomic E-state index is 0.0547. The predicted molar refractivity (Wildman–Crippen MR) is 84.8 cm³/mol. The first-order chi connectivity index (χ1) is 10.0. The average Bonchev–Trinajstić information content (AvgIpc) is 2.42. The maximum absolute atomic E-state index is 11.2. The maximum atomic E-state index is 11.2. The lowest BCUT2D eigenvalue weighted by Crippen LogP contribution is -2.04. The number of rotatable bonds is 5. The van der Waals surface area contributed by atoms with Crippen molar-refractivity contribution in [3.05, 3.63) is 62.1 Å². The number of hydrogen-bond donors (Lipinski definition) is 1. The summed E-state index contributed by atoms with van der Waals surface area (Å²) >= 11 is 3.26. The summed E-state index contributed by atoms with van der Waals surface area (Å²) in [6.07, 6.45) is 0. The molecule has 2 aromatic rings. The highest BCUT2D eigenvalue weighted by atomic mass is 79.9. The van der Waals surface area contributed by atoms with Gasteiger partial charge in [-0.1, -0.05) is 28.1 Å². The van der Waals surface area contributed by atoms with Gasteiger partial charge in [0, 0.05) is 17.1 Å². The van der Waals surface area contributed by atoms with Crippen LogP contribution in [0, 0.1) is 17.0 Å². The van der Waals surface area contributed by atoms with Gasteiger partial charge in [0.25, 0.3) is 0 Å². The van der Waals surface area contributed by atoms with E-state index >= 15 is 0 Å². The van der Waals surface area contributed by atoms with Gasteiger partial charge in [-0.3, -0.25) is 10.1 Å². The van der Waals surface area contributed by atoms with Crippen LogP contribution in [0.1, 0.15) is 11.1 Å². The Hall–Kier alpha value is -1.92. The number of nitrogens with zero attached hydrogens (tertiary/aromatic N) is 1. The Morgan fingerprint density at radius 2 is 2.10 bits per heavy atom. The van der Waals surface area contributed by atoms with Crippen molar-refractivity contribution in [3.8, 4) is 11.5 Å². The van der Waals surface area contributed by atoms with E-state index < -0.39 is 4.92 Å². The molecule has 0 unspecified atom stereocenters. The molecule has 6 heteroatoms. The summed E-state index contributed by atoms with van der Waals surface area (Å²) in [6.45, 7) is 2.49. The zero-order chi connectivity index (χ0) is 15.4. The molecule has 2 aromatic carbocycles. The highest BCUT2D eigenvalue weighted by molar-refractivity contribution is 9.10. The van der Waals surface area contributed by atoms with Crippen molar-refractivity contribution in [2.24, 2.45) is 0 Å². The number of benzene rings is 2. The van der Waals surface area contributed by atoms with E-state index in [2.05, 4.69) is 21.2 Å². The molecule has 0 amide bonds. The van der Waals surface area contributed by atoms with Crippen LogP contribution in [0.2, 0.25) is 0 Å². The molecule has 1 N–H and O–H groups in total. The van der Waals surface area contributed by atoms with Gasteiger partial charge in [0.1, 0.15) is 5.75 Å². The normalized spacial score (nSPS) is 10.4. The summed E-state index contributed by atoms with van der Waals surface area (Å²) in [5.74, 6) is 0.848. The van der Waals surface area contributed by atoms with E-state index in [0.717, 1.165) is 5.56 Å². The first kappa shape index (κ1) is 15.5. The Kier molecular flexibility index (Phi) is 4.93. The third kappa shape index (κ3) is 3.80. The molecule has 0 atom stereocenters. The van der Waals surface area contributed by atoms with Crippen LogP contribution in [0.25, 0.3) is 0 Å². The third-order valence-electron chi connectivity index (χ3n) is 2.92. The molecule has 0 spiro atoms. The van der Waals surface area contributed by atoms with Crippen molar-refractivity contribution in [1.82, 2.24) is 5.32 Å². The molecule has 0 radical (unpaired) electrons. The Balaban J connectivity index is 2.39. The molecule has 0 bridgehead atoms. The number of nitro groups is 1. The maximum Gasteiger partial charge on any atom is 0.312 e. The number of nitrogens with one attached hydrogen (secondary N) is 1. The van der Waals surface area contributed by atoms with Gasteiger partial charge in [0.05, 0.1) is 4.92 Å². The van der Waals surface area contributed by atoms with E-state index in [1.54, 1.807) is 19.1 Å². The second-order valence-corrected chi connectivity index (χ2v) is 5.52. The number of halogens is 1. The molecule has 0 aliphatic carbocycles. The van der Waals surface area contributed by atoms with Crippen molar-refractivity contribution in [2.75, 3.05) is 7.05 Å². The predicted octanol–water partition coefficient (Wildman–Crippen LogP) is 4.18. The van der Waals surface area contributed by atoms with Gasteiger partial charge in [-0.2, -0.15) is 0 Å². The Labute approximate surface area is 131 Å². The molecule has 0 aliphatic heterocycles. The summed E-state index contributed by atoms with van der Waals surface area (Å²) in [4.78, 5) is 10.7. The van der Waals surface area contributed by atoms with Gasteiger partial charge in [-0.05, 0) is 43.3 Å². The lowest BCUT2D eigenvalue weighted by molar-refractivity contribution is -0.385. The van der Waals surface area contributed by atoms with Crippen LogP contribution in [0.4, 0.5) is 5.69 Å². The number of ether oxygens (including phenoxy) is 1. The van der Waals surface area contributed by atoms with E-state index in [1.807, 2.05) is 25.2 Å². The van der Waals surface area contributed by atoms with Gasteiger partial charge in [-0.15, -0.1) is 0 Å². The molecule has 0 saturated carbocycles. The standard InChI is InChI=1S/C15H15BrN2O3/c1-10-6-12(16)8-14(18(19)20)15(10)21-13-5-3-4-11(7-13)9-17-2/h3-8,17H,9H2,1-2H3. The molecule has 0 heterocycles. The monoisotopic (exact) mass is 350 g/mol. The van der Waals surface area contributed by atoms with Gasteiger partial charge in [0.15, 0.2) is 0 Å². The van der Waals surface area contributed by atoms with Crippen molar-refractivity contribution >= 4 is 21.6 Å². The van der Waals surface area contributed by atoms with Gasteiger partial charge < -0.3 is 10.1 Å². The largest absolute Gasteiger partial charge is 0.450 e. The quantitative estimate of drug-likeness (QED) is 0.648. The Morgan fingerprint density at radius 1 is 1.33 bits per heavy atom. The SMILES string of the molecule is CNCc1cccc(Oc2c(C)cc(Br)cc2[N+](=O)[O-])c1. The first-order valence-electron chi connectivity index (χ1n) is 6.37. The highest BCUT2D eigenvalue weighted by Crippen LogP contribution is 2.37. The van der Waals surface area contributed by atoms with Gasteiger partial charge in [-0.25, -0.2) is 0 Å². The lowest BCUT2D eigenvalue weighted by atomic mass is 10.2. The summed E-state index contributed by atoms with van der Waals surface area (Å²) in [7, 11) is 1.86. The summed E-state index contributed by atoms with van der Waals surface area (Å²) in [6, 6.07) is 10.7. The van der Waals surface area contributed by atoms with Crippen LogP contribution in [0.15, 0.2) is 40.9 Å². The average molecular weight is 351 g/mol. The minimum Gasteiger partial charge on any atom is -0.450 e. The first-order valence-corrected chi connectivity index (χ1v) is 7.16. The molecule has 110 valence electrons. The Bertz CT molecular complexity index is 674. The van der Waals surface area contributed by atoms with Crippen LogP contribution in [-0.4, -0.2) is 12.0 Å². The fourth-order valence-corrected chi connectivity index (χ4v) is 2.58. The van der Waals surface area contributed by atoms with E-state index in [-0.39, 0.29) is 11.4 Å². The van der Waals surface area contributed by atoms with Crippen LogP contribution in [0.5, 0.6) is 11.5 Å². The molecule has 0 fully saturated rings. The Morgan fingerprint density at radius 3 is 2.76 bits per heavy atom. The third-order valence-corrected chi connectivity index (χ3v) is 3.37.